The largest absolute Gasteiger partial charge is 0.493 e. The van der Waals surface area contributed by atoms with E-state index in [1.807, 2.05) is 24.3 Å². The molecule has 1 N–H and O–H groups in total. The minimum Gasteiger partial charge on any atom is -0.493 e. The summed E-state index contributed by atoms with van der Waals surface area (Å²) in [6.07, 6.45) is 1.51. The van der Waals surface area contributed by atoms with Crippen molar-refractivity contribution in [2.24, 2.45) is 5.10 Å². The first kappa shape index (κ1) is 18.1. The van der Waals surface area contributed by atoms with Crippen LogP contribution in [-0.2, 0) is 0 Å². The lowest BCUT2D eigenvalue weighted by atomic mass is 10.1. The maximum absolute atomic E-state index is 12.3. The zero-order valence-electron chi connectivity index (χ0n) is 15.1. The zero-order valence-corrected chi connectivity index (χ0v) is 15.1. The minimum atomic E-state index is -0.347. The van der Waals surface area contributed by atoms with Crippen molar-refractivity contribution >= 4 is 11.6 Å². The number of hydrazone groups is 1. The molecule has 1 heterocycles. The predicted molar refractivity (Wildman–Crippen MR) is 98.4 cm³/mol. The van der Waals surface area contributed by atoms with Gasteiger partial charge >= 0.3 is 0 Å². The second-order valence-electron chi connectivity index (χ2n) is 5.51. The first-order valence-corrected chi connectivity index (χ1v) is 8.03. The number of tetrazole rings is 1. The van der Waals surface area contributed by atoms with Crippen LogP contribution in [0.2, 0.25) is 0 Å². The summed E-state index contributed by atoms with van der Waals surface area (Å²) in [5.74, 6) is 0.682. The Balaban J connectivity index is 1.70. The molecule has 2 aromatic carbocycles. The Hall–Kier alpha value is -3.75. The third-order valence-corrected chi connectivity index (χ3v) is 3.87. The number of hydrogen-bond donors (Lipinski definition) is 1. The molecule has 0 saturated carbocycles. The molecule has 0 saturated heterocycles. The van der Waals surface area contributed by atoms with Crippen molar-refractivity contribution in [2.45, 2.75) is 6.92 Å². The molecule has 0 aliphatic rings. The quantitative estimate of drug-likeness (QED) is 0.527. The van der Waals surface area contributed by atoms with Gasteiger partial charge in [0.05, 0.1) is 25.6 Å². The number of benzene rings is 2. The molecule has 0 spiro atoms. The fourth-order valence-electron chi connectivity index (χ4n) is 2.38. The number of hydrogen-bond acceptors (Lipinski definition) is 7. The lowest BCUT2D eigenvalue weighted by molar-refractivity contribution is 0.0954. The Labute approximate surface area is 155 Å². The molecule has 1 amide bonds. The normalized spacial score (nSPS) is 11.1. The molecular formula is C18H18N6O3. The molecule has 3 aromatic rings. The van der Waals surface area contributed by atoms with E-state index in [1.54, 1.807) is 29.8 Å². The van der Waals surface area contributed by atoms with Gasteiger partial charge in [0.15, 0.2) is 11.5 Å². The third-order valence-electron chi connectivity index (χ3n) is 3.87. The predicted octanol–water partition coefficient (Wildman–Crippen LogP) is 1.83. The number of rotatable bonds is 6. The van der Waals surface area contributed by atoms with Gasteiger partial charge in [0.1, 0.15) is 6.33 Å². The maximum Gasteiger partial charge on any atom is 0.271 e. The molecule has 9 heteroatoms. The van der Waals surface area contributed by atoms with E-state index in [1.165, 1.54) is 20.5 Å². The van der Waals surface area contributed by atoms with Gasteiger partial charge in [-0.05, 0) is 53.2 Å². The molecular weight excluding hydrogens is 348 g/mol. The van der Waals surface area contributed by atoms with E-state index >= 15 is 0 Å². The molecule has 0 aliphatic carbocycles. The Bertz CT molecular complexity index is 952. The Kier molecular flexibility index (Phi) is 5.41. The van der Waals surface area contributed by atoms with E-state index < -0.39 is 0 Å². The van der Waals surface area contributed by atoms with Crippen molar-refractivity contribution < 1.29 is 14.3 Å². The first-order chi connectivity index (χ1) is 13.1. The number of aromatic nitrogens is 4. The lowest BCUT2D eigenvalue weighted by Gasteiger charge is -2.09. The molecule has 0 atom stereocenters. The van der Waals surface area contributed by atoms with Gasteiger partial charge in [-0.15, -0.1) is 5.10 Å². The molecule has 9 nitrogen and oxygen atoms in total. The van der Waals surface area contributed by atoms with Crippen LogP contribution in [0.1, 0.15) is 22.8 Å². The fourth-order valence-corrected chi connectivity index (χ4v) is 2.38. The van der Waals surface area contributed by atoms with E-state index in [9.17, 15) is 4.79 Å². The molecule has 1 aromatic heterocycles. The summed E-state index contributed by atoms with van der Waals surface area (Å²) in [6, 6.07) is 12.4. The van der Waals surface area contributed by atoms with Crippen LogP contribution in [0.15, 0.2) is 53.9 Å². The summed E-state index contributed by atoms with van der Waals surface area (Å²) in [4.78, 5) is 12.3. The van der Waals surface area contributed by atoms with E-state index in [-0.39, 0.29) is 5.91 Å². The highest BCUT2D eigenvalue weighted by Gasteiger charge is 2.10. The molecule has 27 heavy (non-hydrogen) atoms. The van der Waals surface area contributed by atoms with Crippen LogP contribution in [0, 0.1) is 0 Å². The van der Waals surface area contributed by atoms with Crippen LogP contribution in [0.3, 0.4) is 0 Å². The van der Waals surface area contributed by atoms with Gasteiger partial charge in [-0.3, -0.25) is 4.79 Å². The van der Waals surface area contributed by atoms with Crippen LogP contribution in [0.5, 0.6) is 11.5 Å². The van der Waals surface area contributed by atoms with Crippen LogP contribution in [0.4, 0.5) is 0 Å². The van der Waals surface area contributed by atoms with Gasteiger partial charge in [0, 0.05) is 5.56 Å². The van der Waals surface area contributed by atoms with E-state index in [4.69, 9.17) is 9.47 Å². The summed E-state index contributed by atoms with van der Waals surface area (Å²) in [7, 11) is 3.05. The van der Waals surface area contributed by atoms with E-state index in [0.29, 0.717) is 22.8 Å². The van der Waals surface area contributed by atoms with Crippen molar-refractivity contribution in [3.05, 3.63) is 59.9 Å². The Morgan fingerprint density at radius 3 is 2.37 bits per heavy atom. The van der Waals surface area contributed by atoms with Crippen LogP contribution >= 0.6 is 0 Å². The summed E-state index contributed by atoms with van der Waals surface area (Å²) in [5.41, 5.74) is 5.30. The zero-order chi connectivity index (χ0) is 19.2. The topological polar surface area (TPSA) is 104 Å². The van der Waals surface area contributed by atoms with E-state index in [2.05, 4.69) is 26.1 Å². The average Bonchev–Trinajstić information content (AvgIpc) is 3.26. The van der Waals surface area contributed by atoms with Crippen LogP contribution in [0.25, 0.3) is 5.69 Å². The highest BCUT2D eigenvalue weighted by Crippen LogP contribution is 2.27. The van der Waals surface area contributed by atoms with Gasteiger partial charge in [0.25, 0.3) is 5.91 Å². The van der Waals surface area contributed by atoms with Gasteiger partial charge in [-0.25, -0.2) is 10.1 Å². The van der Waals surface area contributed by atoms with Gasteiger partial charge in [-0.2, -0.15) is 5.10 Å². The van der Waals surface area contributed by atoms with Crippen LogP contribution < -0.4 is 14.9 Å². The minimum absolute atomic E-state index is 0.347. The molecule has 0 radical (unpaired) electrons. The second-order valence-corrected chi connectivity index (χ2v) is 5.51. The summed E-state index contributed by atoms with van der Waals surface area (Å²) >= 11 is 0. The molecule has 0 bridgehead atoms. The highest BCUT2D eigenvalue weighted by atomic mass is 16.5. The number of carbonyl (C=O) groups is 1. The smallest absolute Gasteiger partial charge is 0.271 e. The molecule has 3 rings (SSSR count). The van der Waals surface area contributed by atoms with Crippen LogP contribution in [-0.4, -0.2) is 46.0 Å². The number of amides is 1. The third kappa shape index (κ3) is 4.09. The molecule has 0 aliphatic heterocycles. The van der Waals surface area contributed by atoms with E-state index in [0.717, 1.165) is 11.3 Å². The van der Waals surface area contributed by atoms with Gasteiger partial charge < -0.3 is 9.47 Å². The van der Waals surface area contributed by atoms with Crippen molar-refractivity contribution in [1.29, 1.82) is 0 Å². The first-order valence-electron chi connectivity index (χ1n) is 8.03. The van der Waals surface area contributed by atoms with Crippen molar-refractivity contribution in [3.63, 3.8) is 0 Å². The highest BCUT2D eigenvalue weighted by molar-refractivity contribution is 6.01. The van der Waals surface area contributed by atoms with Crippen molar-refractivity contribution in [3.8, 4) is 17.2 Å². The second kappa shape index (κ2) is 8.09. The number of methoxy groups -OCH3 is 2. The standard InChI is InChI=1S/C18H18N6O3/c1-12(13-4-7-15(8-5-13)24-11-19-22-23-24)20-21-18(25)14-6-9-16(26-2)17(10-14)27-3/h4-11H,1-3H3,(H,21,25)/b20-12+. The van der Waals surface area contributed by atoms with Crippen molar-refractivity contribution in [2.75, 3.05) is 14.2 Å². The molecule has 0 fully saturated rings. The summed E-state index contributed by atoms with van der Waals surface area (Å²) in [6.45, 7) is 1.81. The maximum atomic E-state index is 12.3. The summed E-state index contributed by atoms with van der Waals surface area (Å²) in [5, 5.41) is 15.2. The Morgan fingerprint density at radius 2 is 1.74 bits per heavy atom. The number of carbonyl (C=O) groups excluding carboxylic acids is 1. The molecule has 0 unspecified atom stereocenters. The molecule has 138 valence electrons. The van der Waals surface area contributed by atoms with Gasteiger partial charge in [-0.1, -0.05) is 12.1 Å². The number of nitrogens with one attached hydrogen (secondary N) is 1. The SMILES string of the molecule is COc1ccc(C(=O)N/N=C(\C)c2ccc(-n3cnnn3)cc2)cc1OC. The fraction of sp³-hybridized carbons (Fsp3) is 0.167. The van der Waals surface area contributed by atoms with Gasteiger partial charge in [0.2, 0.25) is 0 Å². The number of ether oxygens (including phenoxy) is 2. The average molecular weight is 366 g/mol. The Morgan fingerprint density at radius 1 is 1.04 bits per heavy atom. The summed E-state index contributed by atoms with van der Waals surface area (Å²) < 4.78 is 11.9. The van der Waals surface area contributed by atoms with Crippen molar-refractivity contribution in [1.82, 2.24) is 25.6 Å². The number of nitrogens with zero attached hydrogens (tertiary/aromatic N) is 5. The monoisotopic (exact) mass is 366 g/mol. The lowest BCUT2D eigenvalue weighted by Crippen LogP contribution is -2.19.